The van der Waals surface area contributed by atoms with Crippen LogP contribution in [0.3, 0.4) is 0 Å². The van der Waals surface area contributed by atoms with Crippen molar-refractivity contribution in [1.29, 1.82) is 0 Å². The third kappa shape index (κ3) is 9.89. The third-order valence-electron chi connectivity index (χ3n) is 5.96. The largest absolute Gasteiger partial charge is 0.457 e. The minimum Gasteiger partial charge on any atom is -0.457 e. The lowest BCUT2D eigenvalue weighted by molar-refractivity contribution is -0.121. The summed E-state index contributed by atoms with van der Waals surface area (Å²) in [5.74, 6) is -0.841. The molecule has 0 fully saturated rings. The average Bonchev–Trinajstić information content (AvgIpc) is 2.87. The highest BCUT2D eigenvalue weighted by Gasteiger charge is 2.22. The van der Waals surface area contributed by atoms with E-state index in [0.717, 1.165) is 31.0 Å². The Morgan fingerprint density at radius 1 is 0.974 bits per heavy atom. The fourth-order valence-corrected chi connectivity index (χ4v) is 4.56. The summed E-state index contributed by atoms with van der Waals surface area (Å²) >= 11 is 0. The normalized spacial score (nSPS) is 12.3. The topological polar surface area (TPSA) is 132 Å². The highest BCUT2D eigenvalue weighted by Crippen LogP contribution is 2.16. The monoisotopic (exact) mass is 545 g/mol. The van der Waals surface area contributed by atoms with E-state index in [1.807, 2.05) is 25.5 Å². The molecule has 1 unspecified atom stereocenters. The number of nitrogens with zero attached hydrogens (tertiary/aromatic N) is 1. The Bertz CT molecular complexity index is 1180. The van der Waals surface area contributed by atoms with E-state index in [4.69, 9.17) is 4.74 Å². The lowest BCUT2D eigenvalue weighted by Gasteiger charge is -2.20. The molecule has 0 spiro atoms. The molecular formula is C28H39N3O6S. The van der Waals surface area contributed by atoms with Crippen LogP contribution in [0.1, 0.15) is 86.7 Å². The number of carbonyl (C=O) groups is 3. The fourth-order valence-electron chi connectivity index (χ4n) is 3.59. The number of benzene rings is 1. The number of amides is 2. The minimum absolute atomic E-state index is 0.00345. The summed E-state index contributed by atoms with van der Waals surface area (Å²) in [4.78, 5) is 40.7. The lowest BCUT2D eigenvalue weighted by Crippen LogP contribution is -2.31. The van der Waals surface area contributed by atoms with E-state index in [9.17, 15) is 22.8 Å². The molecule has 9 nitrogen and oxygen atoms in total. The van der Waals surface area contributed by atoms with Crippen LogP contribution >= 0.6 is 0 Å². The van der Waals surface area contributed by atoms with Gasteiger partial charge in [0.15, 0.2) is 0 Å². The lowest BCUT2D eigenvalue weighted by atomic mass is 10.0. The first-order valence-electron chi connectivity index (χ1n) is 13.0. The van der Waals surface area contributed by atoms with Crippen LogP contribution in [0.2, 0.25) is 0 Å². The number of hydrogen-bond acceptors (Lipinski definition) is 7. The van der Waals surface area contributed by atoms with Gasteiger partial charge in [0.1, 0.15) is 11.8 Å². The van der Waals surface area contributed by atoms with Crippen molar-refractivity contribution in [3.63, 3.8) is 0 Å². The van der Waals surface area contributed by atoms with Crippen molar-refractivity contribution in [3.8, 4) is 0 Å². The number of hydrogen-bond donors (Lipinski definition) is 2. The molecule has 0 saturated heterocycles. The van der Waals surface area contributed by atoms with E-state index in [0.29, 0.717) is 25.3 Å². The van der Waals surface area contributed by atoms with Gasteiger partial charge in [-0.25, -0.2) is 22.9 Å². The zero-order valence-electron chi connectivity index (χ0n) is 22.8. The van der Waals surface area contributed by atoms with Crippen molar-refractivity contribution in [1.82, 2.24) is 15.0 Å². The summed E-state index contributed by atoms with van der Waals surface area (Å²) in [7, 11) is -4.12. The summed E-state index contributed by atoms with van der Waals surface area (Å²) < 4.78 is 32.9. The van der Waals surface area contributed by atoms with Gasteiger partial charge in [-0.2, -0.15) is 0 Å². The molecule has 2 rings (SSSR count). The molecule has 2 N–H and O–H groups in total. The van der Waals surface area contributed by atoms with Crippen molar-refractivity contribution >= 4 is 27.8 Å². The first-order chi connectivity index (χ1) is 17.9. The fraction of sp³-hybridized carbons (Fsp3) is 0.500. The maximum atomic E-state index is 12.7. The Hall–Kier alpha value is -3.27. The Morgan fingerprint density at radius 3 is 2.21 bits per heavy atom. The molecule has 0 aliphatic heterocycles. The van der Waals surface area contributed by atoms with Crippen molar-refractivity contribution in [2.45, 2.75) is 77.7 Å². The smallest absolute Gasteiger partial charge is 0.357 e. The van der Waals surface area contributed by atoms with Crippen molar-refractivity contribution in [2.24, 2.45) is 11.8 Å². The standard InChI is InChI=1S/C28H39N3O6S/c1-6-7-25(20(4)5)37-28(34)24-14-11-22(18-30-24)27(33)31-38(35,36)23-12-9-21(10-13-23)16-17-29-26(32)15-8-19(2)3/h9-14,18-20,25H,6-8,15-17H2,1-5H3,(H,29,32)(H,31,33). The Morgan fingerprint density at radius 2 is 1.66 bits per heavy atom. The van der Waals surface area contributed by atoms with Gasteiger partial charge in [-0.05, 0) is 60.9 Å². The van der Waals surface area contributed by atoms with Gasteiger partial charge in [0.2, 0.25) is 5.91 Å². The van der Waals surface area contributed by atoms with Crippen molar-refractivity contribution < 1.29 is 27.5 Å². The van der Waals surface area contributed by atoms with Gasteiger partial charge in [0, 0.05) is 19.2 Å². The number of pyridine rings is 1. The van der Waals surface area contributed by atoms with Crippen molar-refractivity contribution in [2.75, 3.05) is 6.54 Å². The average molecular weight is 546 g/mol. The van der Waals surface area contributed by atoms with Crippen LogP contribution < -0.4 is 10.0 Å². The van der Waals surface area contributed by atoms with E-state index >= 15 is 0 Å². The number of aromatic nitrogens is 1. The predicted molar refractivity (Wildman–Crippen MR) is 145 cm³/mol. The molecular weight excluding hydrogens is 506 g/mol. The maximum Gasteiger partial charge on any atom is 0.357 e. The first kappa shape index (κ1) is 31.0. The molecule has 0 bridgehead atoms. The van der Waals surface area contributed by atoms with Gasteiger partial charge in [-0.3, -0.25) is 9.59 Å². The second-order valence-electron chi connectivity index (χ2n) is 10.0. The molecule has 0 aliphatic carbocycles. The summed E-state index contributed by atoms with van der Waals surface area (Å²) in [6, 6.07) is 8.77. The molecule has 0 radical (unpaired) electrons. The molecule has 0 saturated carbocycles. The van der Waals surface area contributed by atoms with Crippen molar-refractivity contribution in [3.05, 3.63) is 59.4 Å². The van der Waals surface area contributed by atoms with Crippen LogP contribution in [-0.2, 0) is 26.0 Å². The van der Waals surface area contributed by atoms with E-state index in [2.05, 4.69) is 24.1 Å². The van der Waals surface area contributed by atoms with Crippen LogP contribution in [0.15, 0.2) is 47.5 Å². The van der Waals surface area contributed by atoms with E-state index < -0.39 is 21.9 Å². The zero-order chi connectivity index (χ0) is 28.3. The summed E-state index contributed by atoms with van der Waals surface area (Å²) in [5.41, 5.74) is 0.881. The molecule has 208 valence electrons. The molecule has 1 heterocycles. The number of rotatable bonds is 14. The molecule has 10 heteroatoms. The van der Waals surface area contributed by atoms with Gasteiger partial charge in [0.05, 0.1) is 10.5 Å². The molecule has 1 atom stereocenters. The molecule has 1 aromatic heterocycles. The number of sulfonamides is 1. The summed E-state index contributed by atoms with van der Waals surface area (Å²) in [6.07, 6.45) is 4.38. The summed E-state index contributed by atoms with van der Waals surface area (Å²) in [5, 5.41) is 2.86. The van der Waals surface area contributed by atoms with Gasteiger partial charge >= 0.3 is 5.97 Å². The number of esters is 1. The molecule has 2 amide bonds. The van der Waals surface area contributed by atoms with Crippen LogP contribution in [0.25, 0.3) is 0 Å². The van der Waals surface area contributed by atoms with Gasteiger partial charge < -0.3 is 10.1 Å². The predicted octanol–water partition coefficient (Wildman–Crippen LogP) is 4.28. The van der Waals surface area contributed by atoms with E-state index in [-0.39, 0.29) is 34.1 Å². The Kier molecular flexibility index (Phi) is 11.9. The van der Waals surface area contributed by atoms with E-state index in [1.54, 1.807) is 12.1 Å². The number of nitrogens with one attached hydrogen (secondary N) is 2. The second-order valence-corrected chi connectivity index (χ2v) is 11.7. The molecule has 38 heavy (non-hydrogen) atoms. The van der Waals surface area contributed by atoms with Gasteiger partial charge in [0.25, 0.3) is 15.9 Å². The quantitative estimate of drug-likeness (QED) is 0.339. The van der Waals surface area contributed by atoms with Gasteiger partial charge in [-0.15, -0.1) is 0 Å². The number of ether oxygens (including phenoxy) is 1. The maximum absolute atomic E-state index is 12.7. The highest BCUT2D eigenvalue weighted by molar-refractivity contribution is 7.90. The van der Waals surface area contributed by atoms with E-state index in [1.165, 1.54) is 24.3 Å². The van der Waals surface area contributed by atoms with Crippen LogP contribution in [0, 0.1) is 11.8 Å². The number of carbonyl (C=O) groups excluding carboxylic acids is 3. The van der Waals surface area contributed by atoms with Gasteiger partial charge in [-0.1, -0.05) is 53.2 Å². The second kappa shape index (κ2) is 14.6. The summed E-state index contributed by atoms with van der Waals surface area (Å²) in [6.45, 7) is 10.5. The SMILES string of the molecule is CCCC(OC(=O)c1ccc(C(=O)NS(=O)(=O)c2ccc(CCNC(=O)CCC(C)C)cc2)cn1)C(C)C. The Labute approximate surface area is 225 Å². The minimum atomic E-state index is -4.12. The Balaban J connectivity index is 1.93. The molecule has 0 aliphatic rings. The molecule has 1 aromatic carbocycles. The highest BCUT2D eigenvalue weighted by atomic mass is 32.2. The van der Waals surface area contributed by atoms with Crippen LogP contribution in [-0.4, -0.2) is 43.8 Å². The van der Waals surface area contributed by atoms with Crippen LogP contribution in [0.4, 0.5) is 0 Å². The molecule has 2 aromatic rings. The van der Waals surface area contributed by atoms with Crippen LogP contribution in [0.5, 0.6) is 0 Å². The zero-order valence-corrected chi connectivity index (χ0v) is 23.6. The first-order valence-corrected chi connectivity index (χ1v) is 14.5. The third-order valence-corrected chi connectivity index (χ3v) is 7.30.